The van der Waals surface area contributed by atoms with Gasteiger partial charge >= 0.3 is 0 Å². The smallest absolute Gasteiger partial charge is 0.246 e. The number of anilines is 1. The maximum absolute atomic E-state index is 14.1. The summed E-state index contributed by atoms with van der Waals surface area (Å²) in [4.78, 5) is 24.0. The predicted octanol–water partition coefficient (Wildman–Crippen LogP) is 1.94. The summed E-state index contributed by atoms with van der Waals surface area (Å²) in [6.07, 6.45) is 0. The zero-order valence-electron chi connectivity index (χ0n) is 11.5. The van der Waals surface area contributed by atoms with Gasteiger partial charge in [0.05, 0.1) is 5.52 Å². The lowest BCUT2D eigenvalue weighted by molar-refractivity contribution is -0.116. The van der Waals surface area contributed by atoms with Crippen LogP contribution in [0.15, 0.2) is 34.6 Å². The molecule has 0 fully saturated rings. The number of pyridine rings is 1. The van der Waals surface area contributed by atoms with Gasteiger partial charge < -0.3 is 4.57 Å². The summed E-state index contributed by atoms with van der Waals surface area (Å²) in [6.45, 7) is 1.54. The number of benzene rings is 1. The van der Waals surface area contributed by atoms with Gasteiger partial charge in [0.2, 0.25) is 11.0 Å². The highest BCUT2D eigenvalue weighted by atomic mass is 32.1. The number of nitrogens with one attached hydrogen (secondary N) is 1. The van der Waals surface area contributed by atoms with Gasteiger partial charge in [0.25, 0.3) is 0 Å². The maximum Gasteiger partial charge on any atom is 0.246 e. The molecule has 0 radical (unpaired) electrons. The van der Waals surface area contributed by atoms with Crippen molar-refractivity contribution in [2.45, 2.75) is 13.5 Å². The Balaban J connectivity index is 2.03. The summed E-state index contributed by atoms with van der Waals surface area (Å²) in [5.74, 6) is -0.907. The van der Waals surface area contributed by atoms with E-state index in [1.807, 2.05) is 0 Å². The minimum absolute atomic E-state index is 0.122. The molecule has 0 aliphatic rings. The highest BCUT2D eigenvalue weighted by molar-refractivity contribution is 7.13. The fraction of sp³-hybridized carbons (Fsp3) is 0.143. The van der Waals surface area contributed by atoms with Crippen LogP contribution in [0.1, 0.15) is 5.69 Å². The number of carbonyl (C=O) groups is 1. The molecule has 3 aromatic rings. The van der Waals surface area contributed by atoms with Crippen LogP contribution in [0.25, 0.3) is 10.9 Å². The first-order valence-corrected chi connectivity index (χ1v) is 7.29. The van der Waals surface area contributed by atoms with Gasteiger partial charge in [-0.2, -0.15) is 0 Å². The first kappa shape index (κ1) is 14.3. The van der Waals surface area contributed by atoms with Crippen LogP contribution in [-0.4, -0.2) is 20.7 Å². The van der Waals surface area contributed by atoms with Crippen molar-refractivity contribution in [3.05, 3.63) is 51.5 Å². The second kappa shape index (κ2) is 5.64. The molecule has 1 amide bonds. The molecule has 8 heteroatoms. The Labute approximate surface area is 128 Å². The van der Waals surface area contributed by atoms with Crippen LogP contribution in [0.5, 0.6) is 0 Å². The molecule has 6 nitrogen and oxygen atoms in total. The molecular formula is C14H11FN4O2S. The van der Waals surface area contributed by atoms with E-state index in [-0.39, 0.29) is 28.8 Å². The SMILES string of the molecule is Cc1cc(=O)c2cccc(F)c2n1CC(=O)Nc1nncs1. The molecule has 0 saturated heterocycles. The Kier molecular flexibility index (Phi) is 3.68. The van der Waals surface area contributed by atoms with E-state index in [2.05, 4.69) is 15.5 Å². The number of nitrogens with zero attached hydrogens (tertiary/aromatic N) is 3. The molecule has 0 saturated carbocycles. The third-order valence-electron chi connectivity index (χ3n) is 3.20. The number of rotatable bonds is 3. The van der Waals surface area contributed by atoms with E-state index >= 15 is 0 Å². The van der Waals surface area contributed by atoms with Crippen LogP contribution >= 0.6 is 11.3 Å². The number of amides is 1. The average molecular weight is 318 g/mol. The number of para-hydroxylation sites is 1. The molecule has 2 heterocycles. The van der Waals surface area contributed by atoms with Crippen LogP contribution in [0.3, 0.4) is 0 Å². The normalized spacial score (nSPS) is 10.8. The number of hydrogen-bond acceptors (Lipinski definition) is 5. The van der Waals surface area contributed by atoms with Crippen molar-refractivity contribution in [3.63, 3.8) is 0 Å². The summed E-state index contributed by atoms with van der Waals surface area (Å²) >= 11 is 1.19. The number of carbonyl (C=O) groups excluding carboxylic acids is 1. The number of hydrogen-bond donors (Lipinski definition) is 1. The first-order valence-electron chi connectivity index (χ1n) is 6.41. The van der Waals surface area contributed by atoms with Crippen molar-refractivity contribution in [2.24, 2.45) is 0 Å². The van der Waals surface area contributed by atoms with E-state index in [1.54, 1.807) is 13.0 Å². The van der Waals surface area contributed by atoms with E-state index in [4.69, 9.17) is 0 Å². The number of aryl methyl sites for hydroxylation is 1. The van der Waals surface area contributed by atoms with Crippen LogP contribution in [0.4, 0.5) is 9.52 Å². The fourth-order valence-electron chi connectivity index (χ4n) is 2.24. The second-order valence-corrected chi connectivity index (χ2v) is 5.50. The van der Waals surface area contributed by atoms with Crippen molar-refractivity contribution in [3.8, 4) is 0 Å². The molecule has 2 aromatic heterocycles. The lowest BCUT2D eigenvalue weighted by Gasteiger charge is -2.14. The molecule has 0 atom stereocenters. The third-order valence-corrected chi connectivity index (χ3v) is 3.80. The van der Waals surface area contributed by atoms with Crippen LogP contribution in [-0.2, 0) is 11.3 Å². The summed E-state index contributed by atoms with van der Waals surface area (Å²) in [5.41, 5.74) is 1.86. The monoisotopic (exact) mass is 318 g/mol. The fourth-order valence-corrected chi connectivity index (χ4v) is 2.71. The van der Waals surface area contributed by atoms with E-state index < -0.39 is 5.82 Å². The zero-order chi connectivity index (χ0) is 15.7. The highest BCUT2D eigenvalue weighted by Gasteiger charge is 2.14. The van der Waals surface area contributed by atoms with Gasteiger partial charge in [0.15, 0.2) is 5.43 Å². The highest BCUT2D eigenvalue weighted by Crippen LogP contribution is 2.17. The minimum atomic E-state index is -0.540. The third kappa shape index (κ3) is 2.60. The Morgan fingerprint density at radius 2 is 2.27 bits per heavy atom. The van der Waals surface area contributed by atoms with Gasteiger partial charge in [-0.1, -0.05) is 17.4 Å². The summed E-state index contributed by atoms with van der Waals surface area (Å²) in [7, 11) is 0. The summed E-state index contributed by atoms with van der Waals surface area (Å²) in [6, 6.07) is 5.67. The molecule has 0 bridgehead atoms. The Morgan fingerprint density at radius 3 is 3.00 bits per heavy atom. The molecule has 3 rings (SSSR count). The van der Waals surface area contributed by atoms with Gasteiger partial charge in [-0.05, 0) is 19.1 Å². The topological polar surface area (TPSA) is 76.9 Å². The van der Waals surface area contributed by atoms with Crippen LogP contribution < -0.4 is 10.7 Å². The Morgan fingerprint density at radius 1 is 1.45 bits per heavy atom. The van der Waals surface area contributed by atoms with E-state index in [0.29, 0.717) is 10.8 Å². The number of aromatic nitrogens is 3. The zero-order valence-corrected chi connectivity index (χ0v) is 12.4. The largest absolute Gasteiger partial charge is 0.333 e. The lowest BCUT2D eigenvalue weighted by Crippen LogP contribution is -2.22. The van der Waals surface area contributed by atoms with Crippen molar-refractivity contribution in [2.75, 3.05) is 5.32 Å². The van der Waals surface area contributed by atoms with E-state index in [9.17, 15) is 14.0 Å². The van der Waals surface area contributed by atoms with Gasteiger partial charge in [-0.15, -0.1) is 10.2 Å². The summed E-state index contributed by atoms with van der Waals surface area (Å²) < 4.78 is 15.6. The molecule has 1 N–H and O–H groups in total. The standard InChI is InChI=1S/C14H11FN4O2S/c1-8-5-11(20)9-3-2-4-10(15)13(9)19(8)6-12(21)17-14-18-16-7-22-14/h2-5,7H,6H2,1H3,(H,17,18,21). The molecule has 1 aromatic carbocycles. The van der Waals surface area contributed by atoms with Gasteiger partial charge in [-0.25, -0.2) is 4.39 Å². The van der Waals surface area contributed by atoms with E-state index in [1.165, 1.54) is 39.6 Å². The molecule has 0 aliphatic carbocycles. The van der Waals surface area contributed by atoms with Gasteiger partial charge in [0.1, 0.15) is 17.9 Å². The predicted molar refractivity (Wildman–Crippen MR) is 81.4 cm³/mol. The van der Waals surface area contributed by atoms with Crippen molar-refractivity contribution < 1.29 is 9.18 Å². The molecule has 0 aliphatic heterocycles. The van der Waals surface area contributed by atoms with Crippen molar-refractivity contribution in [1.82, 2.24) is 14.8 Å². The molecule has 22 heavy (non-hydrogen) atoms. The minimum Gasteiger partial charge on any atom is -0.333 e. The van der Waals surface area contributed by atoms with E-state index in [0.717, 1.165) is 0 Å². The Hall–Kier alpha value is -2.61. The lowest BCUT2D eigenvalue weighted by atomic mass is 10.1. The maximum atomic E-state index is 14.1. The quantitative estimate of drug-likeness (QED) is 0.800. The molecular weight excluding hydrogens is 307 g/mol. The average Bonchev–Trinajstić information content (AvgIpc) is 2.96. The Bertz CT molecular complexity index is 905. The summed E-state index contributed by atoms with van der Waals surface area (Å²) in [5, 5.41) is 10.5. The second-order valence-electron chi connectivity index (χ2n) is 4.66. The van der Waals surface area contributed by atoms with Gasteiger partial charge in [0, 0.05) is 17.1 Å². The van der Waals surface area contributed by atoms with Crippen LogP contribution in [0, 0.1) is 12.7 Å². The first-order chi connectivity index (χ1) is 10.6. The van der Waals surface area contributed by atoms with Gasteiger partial charge in [-0.3, -0.25) is 14.9 Å². The molecule has 0 unspecified atom stereocenters. The molecule has 112 valence electrons. The number of halogens is 1. The number of fused-ring (bicyclic) bond motifs is 1. The van der Waals surface area contributed by atoms with Crippen molar-refractivity contribution >= 4 is 33.3 Å². The van der Waals surface area contributed by atoms with Crippen molar-refractivity contribution in [1.29, 1.82) is 0 Å². The molecule has 0 spiro atoms. The van der Waals surface area contributed by atoms with Crippen LogP contribution in [0.2, 0.25) is 0 Å².